The van der Waals surface area contributed by atoms with E-state index in [1.165, 1.54) is 0 Å². The van der Waals surface area contributed by atoms with Crippen LogP contribution < -0.4 is 5.32 Å². The number of nitrogens with zero attached hydrogens (tertiary/aromatic N) is 1. The Balaban J connectivity index is 2.07. The van der Waals surface area contributed by atoms with E-state index in [1.54, 1.807) is 19.1 Å². The number of carbonyl (C=O) groups is 4. The molecule has 1 fully saturated rings. The lowest BCUT2D eigenvalue weighted by molar-refractivity contribution is -0.142. The largest absolute Gasteiger partial charge is 0.294 e. The van der Waals surface area contributed by atoms with E-state index in [0.29, 0.717) is 11.1 Å². The van der Waals surface area contributed by atoms with Crippen molar-refractivity contribution in [3.05, 3.63) is 34.9 Å². The minimum atomic E-state index is -1.28. The molecule has 4 amide bonds. The Hall–Kier alpha value is -2.50. The second-order valence-electron chi connectivity index (χ2n) is 5.94. The molecule has 2 heterocycles. The normalized spacial score (nSPS) is 24.0. The van der Waals surface area contributed by atoms with Crippen molar-refractivity contribution in [1.29, 1.82) is 0 Å². The first-order valence-electron chi connectivity index (χ1n) is 7.80. The van der Waals surface area contributed by atoms with Gasteiger partial charge in [-0.1, -0.05) is 19.9 Å². The minimum absolute atomic E-state index is 0.118. The summed E-state index contributed by atoms with van der Waals surface area (Å²) in [6.07, 6.45) is 1.31. The van der Waals surface area contributed by atoms with E-state index >= 15 is 0 Å². The van der Waals surface area contributed by atoms with Gasteiger partial charge in [0.1, 0.15) is 5.54 Å². The number of nitrogens with one attached hydrogen (secondary N) is 1. The van der Waals surface area contributed by atoms with E-state index in [0.717, 1.165) is 16.9 Å². The average molecular weight is 314 g/mol. The van der Waals surface area contributed by atoms with Crippen LogP contribution in [0.4, 0.5) is 0 Å². The van der Waals surface area contributed by atoms with E-state index in [2.05, 4.69) is 5.32 Å². The Bertz CT molecular complexity index is 740. The standard InChI is InChI=1S/C17H18N2O4/c1-3-10-5-6-11-12(9-10)15(22)19(14(11)21)17(4-2)8-7-13(20)18-16(17)23/h5-6,9H,3-4,7-8H2,1-2H3,(H,18,20,23)/t17-/m0/s1. The Labute approximate surface area is 133 Å². The maximum atomic E-state index is 12.8. The second kappa shape index (κ2) is 5.30. The summed E-state index contributed by atoms with van der Waals surface area (Å²) in [6.45, 7) is 3.71. The van der Waals surface area contributed by atoms with Gasteiger partial charge in [0, 0.05) is 6.42 Å². The number of piperidine rings is 1. The van der Waals surface area contributed by atoms with Gasteiger partial charge in [-0.05, 0) is 37.0 Å². The summed E-state index contributed by atoms with van der Waals surface area (Å²) in [7, 11) is 0. The number of aryl methyl sites for hydroxylation is 1. The van der Waals surface area contributed by atoms with Gasteiger partial charge in [0.25, 0.3) is 17.7 Å². The Morgan fingerprint density at radius 3 is 2.39 bits per heavy atom. The van der Waals surface area contributed by atoms with Crippen LogP contribution in [0.1, 0.15) is 59.4 Å². The van der Waals surface area contributed by atoms with Crippen LogP contribution in [-0.4, -0.2) is 34.1 Å². The van der Waals surface area contributed by atoms with Gasteiger partial charge in [-0.2, -0.15) is 0 Å². The molecule has 1 aromatic rings. The third-order valence-corrected chi connectivity index (χ3v) is 4.81. The van der Waals surface area contributed by atoms with Crippen LogP contribution in [0, 0.1) is 0 Å². The number of hydrogen-bond donors (Lipinski definition) is 1. The van der Waals surface area contributed by atoms with Crippen LogP contribution in [0.3, 0.4) is 0 Å². The first-order chi connectivity index (χ1) is 10.9. The van der Waals surface area contributed by atoms with Crippen molar-refractivity contribution in [1.82, 2.24) is 10.2 Å². The van der Waals surface area contributed by atoms with Crippen LogP contribution in [0.5, 0.6) is 0 Å². The predicted octanol–water partition coefficient (Wildman–Crippen LogP) is 1.43. The van der Waals surface area contributed by atoms with Gasteiger partial charge in [-0.25, -0.2) is 0 Å². The minimum Gasteiger partial charge on any atom is -0.294 e. The zero-order valence-corrected chi connectivity index (χ0v) is 13.1. The van der Waals surface area contributed by atoms with E-state index in [-0.39, 0.29) is 25.2 Å². The maximum Gasteiger partial charge on any atom is 0.262 e. The number of fused-ring (bicyclic) bond motifs is 1. The SMILES string of the molecule is CCc1ccc2c(c1)C(=O)N([C@@]1(CC)CCC(=O)NC1=O)C2=O. The van der Waals surface area contributed by atoms with Gasteiger partial charge in [-0.3, -0.25) is 29.4 Å². The molecule has 1 saturated heterocycles. The van der Waals surface area contributed by atoms with Gasteiger partial charge >= 0.3 is 0 Å². The van der Waals surface area contributed by atoms with Crippen LogP contribution in [0.25, 0.3) is 0 Å². The molecular formula is C17H18N2O4. The molecule has 0 spiro atoms. The van der Waals surface area contributed by atoms with Crippen molar-refractivity contribution in [3.8, 4) is 0 Å². The molecule has 23 heavy (non-hydrogen) atoms. The van der Waals surface area contributed by atoms with Crippen molar-refractivity contribution in [2.75, 3.05) is 0 Å². The van der Waals surface area contributed by atoms with E-state index in [1.807, 2.05) is 13.0 Å². The molecule has 0 unspecified atom stereocenters. The van der Waals surface area contributed by atoms with Gasteiger partial charge in [-0.15, -0.1) is 0 Å². The van der Waals surface area contributed by atoms with Gasteiger partial charge < -0.3 is 0 Å². The summed E-state index contributed by atoms with van der Waals surface area (Å²) in [6, 6.07) is 5.17. The fourth-order valence-corrected chi connectivity index (χ4v) is 3.34. The summed E-state index contributed by atoms with van der Waals surface area (Å²) in [4.78, 5) is 50.5. The highest BCUT2D eigenvalue weighted by Crippen LogP contribution is 2.36. The Morgan fingerprint density at radius 1 is 1.09 bits per heavy atom. The molecule has 1 aromatic carbocycles. The Kier molecular flexibility index (Phi) is 3.55. The lowest BCUT2D eigenvalue weighted by atomic mass is 9.84. The molecule has 1 atom stereocenters. The quantitative estimate of drug-likeness (QED) is 0.856. The zero-order chi connectivity index (χ0) is 16.8. The number of hydrogen-bond acceptors (Lipinski definition) is 4. The zero-order valence-electron chi connectivity index (χ0n) is 13.1. The van der Waals surface area contributed by atoms with Crippen molar-refractivity contribution in [3.63, 3.8) is 0 Å². The van der Waals surface area contributed by atoms with Crippen molar-refractivity contribution in [2.45, 2.75) is 45.1 Å². The molecule has 2 aliphatic heterocycles. The van der Waals surface area contributed by atoms with Crippen LogP contribution in [0.2, 0.25) is 0 Å². The molecule has 6 heteroatoms. The Morgan fingerprint density at radius 2 is 1.78 bits per heavy atom. The third-order valence-electron chi connectivity index (χ3n) is 4.81. The first kappa shape index (κ1) is 15.4. The lowest BCUT2D eigenvalue weighted by Crippen LogP contribution is -2.64. The van der Waals surface area contributed by atoms with Gasteiger partial charge in [0.2, 0.25) is 5.91 Å². The summed E-state index contributed by atoms with van der Waals surface area (Å²) < 4.78 is 0. The van der Waals surface area contributed by atoms with E-state index in [4.69, 9.17) is 0 Å². The monoisotopic (exact) mass is 314 g/mol. The number of carbonyl (C=O) groups excluding carboxylic acids is 4. The highest BCUT2D eigenvalue weighted by atomic mass is 16.2. The highest BCUT2D eigenvalue weighted by Gasteiger charge is 2.54. The smallest absolute Gasteiger partial charge is 0.262 e. The van der Waals surface area contributed by atoms with Gasteiger partial charge in [0.05, 0.1) is 11.1 Å². The van der Waals surface area contributed by atoms with Crippen LogP contribution >= 0.6 is 0 Å². The third kappa shape index (κ3) is 2.09. The number of imide groups is 2. The highest BCUT2D eigenvalue weighted by molar-refractivity contribution is 6.24. The topological polar surface area (TPSA) is 83.6 Å². The van der Waals surface area contributed by atoms with Crippen molar-refractivity contribution < 1.29 is 19.2 Å². The number of rotatable bonds is 3. The lowest BCUT2D eigenvalue weighted by Gasteiger charge is -2.40. The molecule has 0 bridgehead atoms. The molecule has 0 aromatic heterocycles. The fourth-order valence-electron chi connectivity index (χ4n) is 3.34. The molecular weight excluding hydrogens is 296 g/mol. The summed E-state index contributed by atoms with van der Waals surface area (Å²) >= 11 is 0. The average Bonchev–Trinajstić information content (AvgIpc) is 2.80. The fraction of sp³-hybridized carbons (Fsp3) is 0.412. The summed E-state index contributed by atoms with van der Waals surface area (Å²) in [5, 5.41) is 2.26. The second-order valence-corrected chi connectivity index (χ2v) is 5.94. The molecule has 2 aliphatic rings. The van der Waals surface area contributed by atoms with Crippen molar-refractivity contribution >= 4 is 23.6 Å². The molecule has 0 radical (unpaired) electrons. The van der Waals surface area contributed by atoms with E-state index < -0.39 is 23.3 Å². The molecule has 0 saturated carbocycles. The van der Waals surface area contributed by atoms with Crippen molar-refractivity contribution in [2.24, 2.45) is 0 Å². The molecule has 120 valence electrons. The molecule has 1 N–H and O–H groups in total. The number of amides is 4. The predicted molar refractivity (Wildman–Crippen MR) is 81.7 cm³/mol. The molecule has 6 nitrogen and oxygen atoms in total. The first-order valence-corrected chi connectivity index (χ1v) is 7.80. The maximum absolute atomic E-state index is 12.8. The van der Waals surface area contributed by atoms with Gasteiger partial charge in [0.15, 0.2) is 0 Å². The summed E-state index contributed by atoms with van der Waals surface area (Å²) in [5.74, 6) is -1.85. The number of benzene rings is 1. The van der Waals surface area contributed by atoms with E-state index in [9.17, 15) is 19.2 Å². The molecule has 3 rings (SSSR count). The van der Waals surface area contributed by atoms with Crippen LogP contribution in [0.15, 0.2) is 18.2 Å². The van der Waals surface area contributed by atoms with Crippen LogP contribution in [-0.2, 0) is 16.0 Å². The summed E-state index contributed by atoms with van der Waals surface area (Å²) in [5.41, 5.74) is 0.338. The molecule has 0 aliphatic carbocycles.